The Morgan fingerprint density at radius 3 is 1.40 bits per heavy atom. The van der Waals surface area contributed by atoms with Crippen LogP contribution in [0.4, 0.5) is 11.4 Å². The first kappa shape index (κ1) is 34.2. The Bertz CT molecular complexity index is 1790. The molecule has 6 nitrogen and oxygen atoms in total. The van der Waals surface area contributed by atoms with Crippen LogP contribution in [0.15, 0.2) is 101 Å². The fourth-order valence-corrected chi connectivity index (χ4v) is 7.46. The number of hydrogen-bond acceptors (Lipinski definition) is 4. The van der Waals surface area contributed by atoms with Gasteiger partial charge in [-0.25, -0.2) is 16.8 Å². The number of benzene rings is 4. The van der Waals surface area contributed by atoms with Gasteiger partial charge in [-0.3, -0.25) is 9.44 Å². The normalized spacial score (nSPS) is 12.2. The van der Waals surface area contributed by atoms with E-state index in [0.717, 1.165) is 11.1 Å². The van der Waals surface area contributed by atoms with Gasteiger partial charge in [0.25, 0.3) is 20.0 Å². The summed E-state index contributed by atoms with van der Waals surface area (Å²) < 4.78 is 54.6. The van der Waals surface area contributed by atoms with Crippen molar-refractivity contribution in [1.82, 2.24) is 0 Å². The van der Waals surface area contributed by atoms with Crippen LogP contribution in [0, 0.1) is 13.8 Å². The molecule has 4 aromatic carbocycles. The lowest BCUT2D eigenvalue weighted by molar-refractivity contribution is 0.586. The van der Waals surface area contributed by atoms with E-state index in [9.17, 15) is 16.8 Å². The molecule has 0 heterocycles. The van der Waals surface area contributed by atoms with Gasteiger partial charge >= 0.3 is 0 Å². The second-order valence-electron chi connectivity index (χ2n) is 12.5. The van der Waals surface area contributed by atoms with Crippen molar-refractivity contribution in [3.63, 3.8) is 0 Å². The monoisotopic (exact) mass is 640 g/mol. The zero-order valence-electron chi connectivity index (χ0n) is 26.0. The lowest BCUT2D eigenvalue weighted by Crippen LogP contribution is -2.16. The Kier molecular flexibility index (Phi) is 10.4. The molecule has 0 aromatic heterocycles. The largest absolute Gasteiger partial charge is 0.280 e. The molecule has 4 rings (SSSR count). The van der Waals surface area contributed by atoms with Gasteiger partial charge in [0.1, 0.15) is 4.90 Å². The van der Waals surface area contributed by atoms with Crippen LogP contribution in [0.1, 0.15) is 63.8 Å². The summed E-state index contributed by atoms with van der Waals surface area (Å²) in [6, 6.07) is 26.0. The molecular formula is C34H41ClN2O4S2. The maximum Gasteiger partial charge on any atom is 0.263 e. The topological polar surface area (TPSA) is 92.3 Å². The third kappa shape index (κ3) is 9.08. The van der Waals surface area contributed by atoms with Gasteiger partial charge in [0.2, 0.25) is 0 Å². The summed E-state index contributed by atoms with van der Waals surface area (Å²) in [7, 11) is -7.22. The molecule has 0 aliphatic carbocycles. The molecule has 230 valence electrons. The first-order valence-corrected chi connectivity index (χ1v) is 17.2. The summed E-state index contributed by atoms with van der Waals surface area (Å²) in [5.74, 6) is 0. The van der Waals surface area contributed by atoms with Crippen LogP contribution in [0.3, 0.4) is 0 Å². The van der Waals surface area contributed by atoms with Gasteiger partial charge in [-0.1, -0.05) is 95.6 Å². The van der Waals surface area contributed by atoms with E-state index in [1.807, 2.05) is 44.2 Å². The van der Waals surface area contributed by atoms with Crippen LogP contribution in [0.5, 0.6) is 0 Å². The van der Waals surface area contributed by atoms with Crippen molar-refractivity contribution in [1.29, 1.82) is 0 Å². The van der Waals surface area contributed by atoms with Gasteiger partial charge in [-0.15, -0.1) is 0 Å². The maximum atomic E-state index is 12.4. The zero-order valence-corrected chi connectivity index (χ0v) is 28.4. The fraction of sp³-hybridized carbons (Fsp3) is 0.294. The predicted molar refractivity (Wildman–Crippen MR) is 179 cm³/mol. The quantitative estimate of drug-likeness (QED) is 0.220. The summed E-state index contributed by atoms with van der Waals surface area (Å²) in [5, 5.41) is 0.207. The molecule has 0 aliphatic rings. The van der Waals surface area contributed by atoms with Crippen LogP contribution in [-0.4, -0.2) is 16.8 Å². The van der Waals surface area contributed by atoms with Crippen molar-refractivity contribution in [2.24, 2.45) is 0 Å². The number of anilines is 2. The Balaban J connectivity index is 0.000000236. The molecule has 0 radical (unpaired) electrons. The van der Waals surface area contributed by atoms with Crippen molar-refractivity contribution in [3.05, 3.63) is 118 Å². The van der Waals surface area contributed by atoms with E-state index in [0.29, 0.717) is 11.4 Å². The molecule has 0 saturated heterocycles. The minimum absolute atomic E-state index is 0.0181. The minimum Gasteiger partial charge on any atom is -0.280 e. The lowest BCUT2D eigenvalue weighted by atomic mass is 9.84. The molecule has 0 fully saturated rings. The molecule has 2 N–H and O–H groups in total. The Hall–Kier alpha value is -3.33. The first-order valence-electron chi connectivity index (χ1n) is 13.9. The number of nitrogens with one attached hydrogen (secondary N) is 2. The van der Waals surface area contributed by atoms with Gasteiger partial charge in [-0.2, -0.15) is 0 Å². The number of aryl methyl sites for hydroxylation is 2. The van der Waals surface area contributed by atoms with E-state index in [-0.39, 0.29) is 25.6 Å². The maximum absolute atomic E-state index is 12.4. The van der Waals surface area contributed by atoms with Gasteiger partial charge < -0.3 is 0 Å². The molecule has 0 bridgehead atoms. The number of halogens is 1. The summed E-state index contributed by atoms with van der Waals surface area (Å²) in [5.41, 5.74) is 5.71. The van der Waals surface area contributed by atoms with Crippen LogP contribution in [0.2, 0.25) is 5.02 Å². The fourth-order valence-electron chi connectivity index (χ4n) is 4.82. The SMILES string of the molecule is Cc1cc(NS(=O)(=O)c2ccccc2)ccc1C(C)(C)C.Cc1cc(NS(=O)(=O)c2ccccc2Cl)ccc1C(C)(C)C. The highest BCUT2D eigenvalue weighted by atomic mass is 35.5. The second kappa shape index (κ2) is 13.1. The van der Waals surface area contributed by atoms with Crippen LogP contribution < -0.4 is 9.44 Å². The van der Waals surface area contributed by atoms with Gasteiger partial charge in [0, 0.05) is 11.4 Å². The average molecular weight is 641 g/mol. The number of hydrogen-bond donors (Lipinski definition) is 2. The van der Waals surface area contributed by atoms with Gasteiger partial charge in [0.05, 0.1) is 9.92 Å². The molecule has 0 amide bonds. The molecule has 0 spiro atoms. The van der Waals surface area contributed by atoms with Crippen LogP contribution in [0.25, 0.3) is 0 Å². The third-order valence-electron chi connectivity index (χ3n) is 6.75. The molecule has 0 saturated carbocycles. The standard InChI is InChI=1S/C17H20ClNO2S.C17H21NO2S/c1-12-11-13(9-10-14(12)17(2,3)4)19-22(20,21)16-8-6-5-7-15(16)18;1-13-12-14(10-11-16(13)17(2,3)4)18-21(19,20)15-8-6-5-7-9-15/h5-11,19H,1-4H3;5-12,18H,1-4H3. The Labute approximate surface area is 262 Å². The van der Waals surface area contributed by atoms with Gasteiger partial charge in [0.15, 0.2) is 0 Å². The predicted octanol–water partition coefficient (Wildman–Crippen LogP) is 8.84. The summed E-state index contributed by atoms with van der Waals surface area (Å²) in [6.45, 7) is 16.8. The second-order valence-corrected chi connectivity index (χ2v) is 16.3. The van der Waals surface area contributed by atoms with E-state index in [1.54, 1.807) is 54.6 Å². The third-order valence-corrected chi connectivity index (χ3v) is 10.0. The van der Waals surface area contributed by atoms with Crippen LogP contribution in [-0.2, 0) is 30.9 Å². The van der Waals surface area contributed by atoms with Crippen molar-refractivity contribution < 1.29 is 16.8 Å². The Morgan fingerprint density at radius 1 is 0.558 bits per heavy atom. The summed E-state index contributed by atoms with van der Waals surface area (Å²) in [6.07, 6.45) is 0. The molecular weight excluding hydrogens is 600 g/mol. The van der Waals surface area contributed by atoms with E-state index < -0.39 is 20.0 Å². The molecule has 4 aromatic rings. The van der Waals surface area contributed by atoms with Gasteiger partial charge in [-0.05, 0) is 95.5 Å². The highest BCUT2D eigenvalue weighted by molar-refractivity contribution is 7.93. The highest BCUT2D eigenvalue weighted by Crippen LogP contribution is 2.30. The molecule has 43 heavy (non-hydrogen) atoms. The zero-order chi connectivity index (χ0) is 32.2. The van der Waals surface area contributed by atoms with E-state index in [1.165, 1.54) is 17.2 Å². The average Bonchev–Trinajstić information content (AvgIpc) is 2.88. The Morgan fingerprint density at radius 2 is 0.977 bits per heavy atom. The van der Waals surface area contributed by atoms with E-state index in [2.05, 4.69) is 51.0 Å². The van der Waals surface area contributed by atoms with Crippen molar-refractivity contribution >= 4 is 43.0 Å². The van der Waals surface area contributed by atoms with Crippen molar-refractivity contribution in [3.8, 4) is 0 Å². The molecule has 9 heteroatoms. The molecule has 0 aliphatic heterocycles. The first-order chi connectivity index (χ1) is 19.8. The van der Waals surface area contributed by atoms with Crippen molar-refractivity contribution in [2.45, 2.75) is 76.0 Å². The smallest absolute Gasteiger partial charge is 0.263 e. The van der Waals surface area contributed by atoms with Crippen molar-refractivity contribution in [2.75, 3.05) is 9.44 Å². The summed E-state index contributed by atoms with van der Waals surface area (Å²) >= 11 is 5.97. The van der Waals surface area contributed by atoms with Crippen LogP contribution >= 0.6 is 11.6 Å². The van der Waals surface area contributed by atoms with E-state index >= 15 is 0 Å². The molecule has 0 atom stereocenters. The minimum atomic E-state index is -3.69. The molecule has 0 unspecified atom stereocenters. The lowest BCUT2D eigenvalue weighted by Gasteiger charge is -2.22. The number of sulfonamides is 2. The van der Waals surface area contributed by atoms with E-state index in [4.69, 9.17) is 11.6 Å². The highest BCUT2D eigenvalue weighted by Gasteiger charge is 2.21. The number of rotatable bonds is 6. The summed E-state index contributed by atoms with van der Waals surface area (Å²) in [4.78, 5) is 0.344.